The average molecular weight is 378 g/mol. The number of thioether (sulfide) groups is 1. The van der Waals surface area contributed by atoms with Crippen LogP contribution in [0.15, 0.2) is 29.2 Å². The molecule has 0 saturated heterocycles. The fourth-order valence-electron chi connectivity index (χ4n) is 3.75. The molecule has 1 aromatic rings. The van der Waals surface area contributed by atoms with Crippen LogP contribution in [-0.2, 0) is 9.59 Å². The zero-order valence-electron chi connectivity index (χ0n) is 12.3. The molecule has 2 aliphatic carbocycles. The quantitative estimate of drug-likeness (QED) is 0.566. The Morgan fingerprint density at radius 2 is 1.83 bits per heavy atom. The lowest BCUT2D eigenvalue weighted by atomic mass is 9.81. The van der Waals surface area contributed by atoms with E-state index in [0.717, 1.165) is 4.90 Å². The topological polar surface area (TPSA) is 121 Å². The van der Waals surface area contributed by atoms with Gasteiger partial charge in [-0.1, -0.05) is 0 Å². The average Bonchev–Trinajstić information content (AvgIpc) is 3.20. The number of hydrogen-bond donors (Lipinski definition) is 4. The number of fused-ring (bicyclic) bond motifs is 1. The van der Waals surface area contributed by atoms with Gasteiger partial charge < -0.3 is 21.1 Å². The van der Waals surface area contributed by atoms with Gasteiger partial charge in [0.2, 0.25) is 0 Å². The summed E-state index contributed by atoms with van der Waals surface area (Å²) in [5.41, 5.74) is 4.28. The molecule has 6 atom stereocenters. The van der Waals surface area contributed by atoms with Gasteiger partial charge in [0, 0.05) is 28.4 Å². The SMILES string of the molecule is Cl.N[C@]1(C(=O)O)[C@@H]2[C@@H](C(=O)O)[C@@H]2[C@H](O)[C@H]1CSc1ccc(F)cc1. The van der Waals surface area contributed by atoms with E-state index >= 15 is 0 Å². The third-order valence-corrected chi connectivity index (χ3v) is 6.08. The lowest BCUT2D eigenvalue weighted by molar-refractivity contribution is -0.148. The van der Waals surface area contributed by atoms with Gasteiger partial charge in [0.25, 0.3) is 0 Å². The molecular formula is C15H17ClFNO5S. The second-order valence-corrected chi connectivity index (χ2v) is 7.16. The molecule has 0 heterocycles. The van der Waals surface area contributed by atoms with Crippen LogP contribution in [0.4, 0.5) is 4.39 Å². The Balaban J connectivity index is 0.00000208. The van der Waals surface area contributed by atoms with Gasteiger partial charge in [-0.3, -0.25) is 9.59 Å². The third-order valence-electron chi connectivity index (χ3n) is 4.95. The van der Waals surface area contributed by atoms with E-state index < -0.39 is 47.3 Å². The summed E-state index contributed by atoms with van der Waals surface area (Å²) in [5.74, 6) is -5.62. The van der Waals surface area contributed by atoms with Crippen molar-refractivity contribution in [3.05, 3.63) is 30.1 Å². The lowest BCUT2D eigenvalue weighted by Gasteiger charge is -2.32. The number of hydrogen-bond acceptors (Lipinski definition) is 5. The molecule has 0 spiro atoms. The Morgan fingerprint density at radius 1 is 1.25 bits per heavy atom. The summed E-state index contributed by atoms with van der Waals surface area (Å²) in [5, 5.41) is 29.0. The van der Waals surface area contributed by atoms with Gasteiger partial charge in [-0.05, 0) is 24.3 Å². The second-order valence-electron chi connectivity index (χ2n) is 6.07. The number of aliphatic hydroxyl groups excluding tert-OH is 1. The first-order valence-electron chi connectivity index (χ1n) is 7.10. The number of aliphatic hydroxyl groups is 1. The van der Waals surface area contributed by atoms with E-state index in [1.54, 1.807) is 12.1 Å². The number of carboxylic acid groups (broad SMARTS) is 2. The molecule has 0 bridgehead atoms. The molecule has 132 valence electrons. The predicted octanol–water partition coefficient (Wildman–Crippen LogP) is 1.06. The van der Waals surface area contributed by atoms with E-state index in [9.17, 15) is 24.2 Å². The molecule has 0 aromatic heterocycles. The summed E-state index contributed by atoms with van der Waals surface area (Å²) < 4.78 is 12.9. The highest BCUT2D eigenvalue weighted by atomic mass is 35.5. The van der Waals surface area contributed by atoms with E-state index in [4.69, 9.17) is 10.8 Å². The molecule has 2 fully saturated rings. The first kappa shape index (κ1) is 19.0. The van der Waals surface area contributed by atoms with Crippen molar-refractivity contribution in [3.8, 4) is 0 Å². The fourth-order valence-corrected chi connectivity index (χ4v) is 4.92. The van der Waals surface area contributed by atoms with Gasteiger partial charge in [-0.2, -0.15) is 0 Å². The zero-order chi connectivity index (χ0) is 16.9. The Hall–Kier alpha value is -1.35. The molecule has 24 heavy (non-hydrogen) atoms. The van der Waals surface area contributed by atoms with Crippen LogP contribution in [0.1, 0.15) is 0 Å². The van der Waals surface area contributed by atoms with Gasteiger partial charge in [0.15, 0.2) is 0 Å². The number of rotatable bonds is 5. The van der Waals surface area contributed by atoms with Gasteiger partial charge >= 0.3 is 11.9 Å². The third kappa shape index (κ3) is 2.77. The van der Waals surface area contributed by atoms with E-state index in [2.05, 4.69) is 0 Å². The van der Waals surface area contributed by atoms with Crippen LogP contribution in [-0.4, -0.2) is 44.7 Å². The minimum absolute atomic E-state index is 0. The van der Waals surface area contributed by atoms with Crippen molar-refractivity contribution in [2.24, 2.45) is 29.4 Å². The number of carbonyl (C=O) groups is 2. The zero-order valence-corrected chi connectivity index (χ0v) is 14.0. The monoisotopic (exact) mass is 377 g/mol. The minimum atomic E-state index is -1.76. The predicted molar refractivity (Wildman–Crippen MR) is 86.5 cm³/mol. The molecule has 2 aliphatic rings. The number of halogens is 2. The van der Waals surface area contributed by atoms with Gasteiger partial charge in [0.05, 0.1) is 12.0 Å². The molecule has 2 saturated carbocycles. The molecule has 9 heteroatoms. The van der Waals surface area contributed by atoms with Crippen molar-refractivity contribution in [2.45, 2.75) is 16.5 Å². The maximum absolute atomic E-state index is 12.9. The van der Waals surface area contributed by atoms with Crippen LogP contribution >= 0.6 is 24.2 Å². The van der Waals surface area contributed by atoms with Crippen molar-refractivity contribution in [1.82, 2.24) is 0 Å². The van der Waals surface area contributed by atoms with E-state index in [1.807, 2.05) is 0 Å². The molecule has 3 rings (SSSR count). The molecule has 0 radical (unpaired) electrons. The highest BCUT2D eigenvalue weighted by Crippen LogP contribution is 2.64. The number of carboxylic acids is 2. The first-order valence-corrected chi connectivity index (χ1v) is 8.08. The summed E-state index contributed by atoms with van der Waals surface area (Å²) in [6, 6.07) is 5.69. The van der Waals surface area contributed by atoms with Crippen LogP contribution in [0.5, 0.6) is 0 Å². The maximum atomic E-state index is 12.9. The van der Waals surface area contributed by atoms with Crippen LogP contribution in [0, 0.1) is 29.5 Å². The standard InChI is InChI=1S/C15H16FNO5S.ClH/c16-6-1-3-7(4-2-6)23-5-8-12(18)9-10(13(19)20)11(9)15(8,17)14(21)22;/h1-4,8-12,18H,5,17H2,(H,19,20)(H,21,22);1H/t8-,9+,10+,11+,12-,15+;/m1./s1. The van der Waals surface area contributed by atoms with Crippen LogP contribution in [0.3, 0.4) is 0 Å². The molecule has 0 unspecified atom stereocenters. The van der Waals surface area contributed by atoms with Crippen LogP contribution in [0.2, 0.25) is 0 Å². The summed E-state index contributed by atoms with van der Waals surface area (Å²) in [6.45, 7) is 0. The van der Waals surface area contributed by atoms with E-state index in [1.165, 1.54) is 23.9 Å². The number of nitrogens with two attached hydrogens (primary N) is 1. The summed E-state index contributed by atoms with van der Waals surface area (Å²) >= 11 is 1.26. The van der Waals surface area contributed by atoms with Gasteiger partial charge in [-0.25, -0.2) is 4.39 Å². The first-order chi connectivity index (χ1) is 10.8. The van der Waals surface area contributed by atoms with E-state index in [0.29, 0.717) is 0 Å². The molecule has 0 aliphatic heterocycles. The van der Waals surface area contributed by atoms with Crippen molar-refractivity contribution >= 4 is 36.1 Å². The number of aliphatic carboxylic acids is 2. The highest BCUT2D eigenvalue weighted by molar-refractivity contribution is 7.99. The molecule has 6 nitrogen and oxygen atoms in total. The maximum Gasteiger partial charge on any atom is 0.324 e. The molecule has 0 amide bonds. The van der Waals surface area contributed by atoms with Crippen molar-refractivity contribution in [1.29, 1.82) is 0 Å². The second kappa shape index (κ2) is 6.51. The Bertz CT molecular complexity index is 660. The Morgan fingerprint density at radius 3 is 2.33 bits per heavy atom. The van der Waals surface area contributed by atoms with Crippen molar-refractivity contribution in [3.63, 3.8) is 0 Å². The fraction of sp³-hybridized carbons (Fsp3) is 0.467. The van der Waals surface area contributed by atoms with Crippen LogP contribution in [0.25, 0.3) is 0 Å². The van der Waals surface area contributed by atoms with Crippen molar-refractivity contribution in [2.75, 3.05) is 5.75 Å². The lowest BCUT2D eigenvalue weighted by Crippen LogP contribution is -2.58. The van der Waals surface area contributed by atoms with Gasteiger partial charge in [-0.15, -0.1) is 24.2 Å². The summed E-state index contributed by atoms with van der Waals surface area (Å²) in [7, 11) is 0. The van der Waals surface area contributed by atoms with E-state index in [-0.39, 0.29) is 24.0 Å². The Labute approximate surface area is 147 Å². The summed E-state index contributed by atoms with van der Waals surface area (Å²) in [6.07, 6.45) is -1.07. The van der Waals surface area contributed by atoms with Crippen molar-refractivity contribution < 1.29 is 29.3 Å². The number of benzene rings is 1. The normalized spacial score (nSPS) is 36.5. The highest BCUT2D eigenvalue weighted by Gasteiger charge is 2.77. The molecule has 5 N–H and O–H groups in total. The Kier molecular flexibility index (Phi) is 5.15. The van der Waals surface area contributed by atoms with Gasteiger partial charge in [0.1, 0.15) is 11.4 Å². The minimum Gasteiger partial charge on any atom is -0.481 e. The summed E-state index contributed by atoms with van der Waals surface area (Å²) in [4.78, 5) is 23.5. The largest absolute Gasteiger partial charge is 0.481 e. The molecule has 1 aromatic carbocycles. The van der Waals surface area contributed by atoms with Crippen LogP contribution < -0.4 is 5.73 Å². The molecular weight excluding hydrogens is 361 g/mol. The smallest absolute Gasteiger partial charge is 0.324 e.